The Bertz CT molecular complexity index is 201. The van der Waals surface area contributed by atoms with Crippen LogP contribution in [-0.4, -0.2) is 9.55 Å². The highest BCUT2D eigenvalue weighted by molar-refractivity contribution is 5.09. The Labute approximate surface area is 55.5 Å². The lowest BCUT2D eigenvalue weighted by atomic mass is 10.3. The Morgan fingerprint density at radius 2 is 2.33 bits per heavy atom. The quantitative estimate of drug-likeness (QED) is 0.551. The molecule has 1 aromatic rings. The largest absolute Gasteiger partial charge is 0.338 e. The third-order valence-corrected chi connectivity index (χ3v) is 1.67. The topological polar surface area (TPSA) is 17.8 Å². The zero-order valence-corrected chi connectivity index (χ0v) is 6.18. The average Bonchev–Trinajstić information content (AvgIpc) is 2.15. The molecule has 0 saturated carbocycles. The van der Waals surface area contributed by atoms with Crippen molar-refractivity contribution in [1.29, 1.82) is 0 Å². The highest BCUT2D eigenvalue weighted by Gasteiger charge is 1.98. The Kier molecular flexibility index (Phi) is 1.56. The van der Waals surface area contributed by atoms with Gasteiger partial charge in [-0.1, -0.05) is 6.92 Å². The zero-order valence-electron chi connectivity index (χ0n) is 6.18. The van der Waals surface area contributed by atoms with E-state index in [1.165, 1.54) is 11.4 Å². The predicted molar refractivity (Wildman–Crippen MR) is 37.3 cm³/mol. The summed E-state index contributed by atoms with van der Waals surface area (Å²) in [7, 11) is 2.02. The van der Waals surface area contributed by atoms with Crippen LogP contribution >= 0.6 is 0 Å². The summed E-state index contributed by atoms with van der Waals surface area (Å²) in [6.07, 6.45) is 2.89. The molecule has 2 heteroatoms. The van der Waals surface area contributed by atoms with Gasteiger partial charge in [0.1, 0.15) is 0 Å². The summed E-state index contributed by atoms with van der Waals surface area (Å²) < 4.78 is 2.04. The van der Waals surface area contributed by atoms with Crippen molar-refractivity contribution in [2.75, 3.05) is 0 Å². The van der Waals surface area contributed by atoms with E-state index < -0.39 is 0 Å². The average molecular weight is 124 g/mol. The Morgan fingerprint density at radius 1 is 1.67 bits per heavy atom. The smallest absolute Gasteiger partial charge is 0.0948 e. The van der Waals surface area contributed by atoms with E-state index >= 15 is 0 Å². The van der Waals surface area contributed by atoms with E-state index in [1.807, 2.05) is 17.9 Å². The fraction of sp³-hybridized carbons (Fsp3) is 0.571. The maximum Gasteiger partial charge on any atom is 0.0948 e. The lowest BCUT2D eigenvalue weighted by Gasteiger charge is -1.93. The molecule has 0 spiro atoms. The van der Waals surface area contributed by atoms with Crippen LogP contribution in [0, 0.1) is 6.92 Å². The van der Waals surface area contributed by atoms with Gasteiger partial charge in [0.05, 0.1) is 12.0 Å². The van der Waals surface area contributed by atoms with Crippen molar-refractivity contribution in [3.63, 3.8) is 0 Å². The lowest BCUT2D eigenvalue weighted by Crippen LogP contribution is -1.89. The normalized spacial score (nSPS) is 10.1. The standard InChI is InChI=1S/C7H12N2/c1-4-7-6(2)9(3)5-8-7/h5H,4H2,1-3H3. The first kappa shape index (κ1) is 6.33. The molecule has 0 bridgehead atoms. The number of aryl methyl sites for hydroxylation is 2. The van der Waals surface area contributed by atoms with Crippen molar-refractivity contribution in [3.05, 3.63) is 17.7 Å². The first-order chi connectivity index (χ1) is 4.25. The van der Waals surface area contributed by atoms with Crippen LogP contribution in [0.3, 0.4) is 0 Å². The van der Waals surface area contributed by atoms with Gasteiger partial charge in [-0.15, -0.1) is 0 Å². The summed E-state index contributed by atoms with van der Waals surface area (Å²) in [5, 5.41) is 0. The van der Waals surface area contributed by atoms with Gasteiger partial charge in [0, 0.05) is 12.7 Å². The second kappa shape index (κ2) is 2.21. The molecule has 0 aliphatic rings. The maximum absolute atomic E-state index is 4.20. The summed E-state index contributed by atoms with van der Waals surface area (Å²) in [4.78, 5) is 4.20. The highest BCUT2D eigenvalue weighted by Crippen LogP contribution is 2.03. The Hall–Kier alpha value is -0.790. The van der Waals surface area contributed by atoms with Gasteiger partial charge < -0.3 is 4.57 Å². The summed E-state index contributed by atoms with van der Waals surface area (Å²) in [5.74, 6) is 0. The molecular weight excluding hydrogens is 112 g/mol. The molecule has 2 nitrogen and oxygen atoms in total. The number of aromatic nitrogens is 2. The fourth-order valence-electron chi connectivity index (χ4n) is 0.887. The molecular formula is C7H12N2. The third kappa shape index (κ3) is 0.969. The van der Waals surface area contributed by atoms with E-state index in [2.05, 4.69) is 18.8 Å². The SMILES string of the molecule is CCc1ncn(C)c1C. The fourth-order valence-corrected chi connectivity index (χ4v) is 0.887. The minimum atomic E-state index is 1.03. The van der Waals surface area contributed by atoms with Crippen molar-refractivity contribution >= 4 is 0 Å². The second-order valence-electron chi connectivity index (χ2n) is 2.24. The number of imidazole rings is 1. The highest BCUT2D eigenvalue weighted by atomic mass is 15.0. The van der Waals surface area contributed by atoms with Crippen LogP contribution in [-0.2, 0) is 13.5 Å². The van der Waals surface area contributed by atoms with Crippen LogP contribution in [0.5, 0.6) is 0 Å². The monoisotopic (exact) mass is 124 g/mol. The zero-order chi connectivity index (χ0) is 6.85. The van der Waals surface area contributed by atoms with Crippen LogP contribution in [0.25, 0.3) is 0 Å². The molecule has 0 aliphatic heterocycles. The van der Waals surface area contributed by atoms with Gasteiger partial charge in [0.15, 0.2) is 0 Å². The van der Waals surface area contributed by atoms with Crippen molar-refractivity contribution in [3.8, 4) is 0 Å². The molecule has 9 heavy (non-hydrogen) atoms. The molecule has 0 fully saturated rings. The summed E-state index contributed by atoms with van der Waals surface area (Å²) >= 11 is 0. The minimum absolute atomic E-state index is 1.03. The summed E-state index contributed by atoms with van der Waals surface area (Å²) in [6.45, 7) is 4.21. The van der Waals surface area contributed by atoms with Gasteiger partial charge in [-0.05, 0) is 13.3 Å². The summed E-state index contributed by atoms with van der Waals surface area (Å²) in [5.41, 5.74) is 2.48. The first-order valence-electron chi connectivity index (χ1n) is 3.22. The number of hydrogen-bond acceptors (Lipinski definition) is 1. The third-order valence-electron chi connectivity index (χ3n) is 1.67. The molecule has 1 heterocycles. The molecule has 0 amide bonds. The Balaban J connectivity index is 3.04. The van der Waals surface area contributed by atoms with E-state index in [4.69, 9.17) is 0 Å². The number of nitrogens with zero attached hydrogens (tertiary/aromatic N) is 2. The van der Waals surface area contributed by atoms with Crippen LogP contribution in [0.4, 0.5) is 0 Å². The van der Waals surface area contributed by atoms with E-state index in [9.17, 15) is 0 Å². The first-order valence-corrected chi connectivity index (χ1v) is 3.22. The van der Waals surface area contributed by atoms with Crippen molar-refractivity contribution < 1.29 is 0 Å². The maximum atomic E-state index is 4.20. The van der Waals surface area contributed by atoms with Gasteiger partial charge in [-0.2, -0.15) is 0 Å². The Morgan fingerprint density at radius 3 is 2.56 bits per heavy atom. The molecule has 1 aromatic heterocycles. The van der Waals surface area contributed by atoms with Gasteiger partial charge in [0.2, 0.25) is 0 Å². The molecule has 0 saturated heterocycles. The molecule has 0 aliphatic carbocycles. The number of hydrogen-bond donors (Lipinski definition) is 0. The van der Waals surface area contributed by atoms with E-state index in [0.29, 0.717) is 0 Å². The van der Waals surface area contributed by atoms with Crippen molar-refractivity contribution in [2.45, 2.75) is 20.3 Å². The van der Waals surface area contributed by atoms with Gasteiger partial charge in [-0.3, -0.25) is 0 Å². The second-order valence-corrected chi connectivity index (χ2v) is 2.24. The molecule has 50 valence electrons. The van der Waals surface area contributed by atoms with Crippen LogP contribution in [0.15, 0.2) is 6.33 Å². The van der Waals surface area contributed by atoms with E-state index in [-0.39, 0.29) is 0 Å². The molecule has 0 radical (unpaired) electrons. The molecule has 0 aromatic carbocycles. The summed E-state index contributed by atoms with van der Waals surface area (Å²) in [6, 6.07) is 0. The molecule has 0 N–H and O–H groups in total. The minimum Gasteiger partial charge on any atom is -0.338 e. The van der Waals surface area contributed by atoms with Crippen LogP contribution in [0.2, 0.25) is 0 Å². The van der Waals surface area contributed by atoms with Crippen molar-refractivity contribution in [1.82, 2.24) is 9.55 Å². The molecule has 1 rings (SSSR count). The van der Waals surface area contributed by atoms with Crippen LogP contribution < -0.4 is 0 Å². The van der Waals surface area contributed by atoms with Gasteiger partial charge in [0.25, 0.3) is 0 Å². The van der Waals surface area contributed by atoms with Crippen LogP contribution in [0.1, 0.15) is 18.3 Å². The van der Waals surface area contributed by atoms with Gasteiger partial charge >= 0.3 is 0 Å². The lowest BCUT2D eigenvalue weighted by molar-refractivity contribution is 0.867. The van der Waals surface area contributed by atoms with E-state index in [0.717, 1.165) is 6.42 Å². The molecule has 0 unspecified atom stereocenters. The van der Waals surface area contributed by atoms with Crippen molar-refractivity contribution in [2.24, 2.45) is 7.05 Å². The predicted octanol–water partition coefficient (Wildman–Crippen LogP) is 1.29. The van der Waals surface area contributed by atoms with E-state index in [1.54, 1.807) is 0 Å². The number of rotatable bonds is 1. The van der Waals surface area contributed by atoms with Gasteiger partial charge in [-0.25, -0.2) is 4.98 Å². The molecule has 0 atom stereocenters.